The van der Waals surface area contributed by atoms with Crippen molar-refractivity contribution in [1.82, 2.24) is 0 Å². The molecule has 0 spiro atoms. The number of hydrogen-bond donors (Lipinski definition) is 1. The number of carbonyl (C=O) groups excluding carboxylic acids is 2. The van der Waals surface area contributed by atoms with Crippen LogP contribution in [-0.4, -0.2) is 18.8 Å². The van der Waals surface area contributed by atoms with Crippen LogP contribution in [0.15, 0.2) is 41.4 Å². The molecule has 1 amide bonds. The first-order chi connectivity index (χ1) is 9.26. The summed E-state index contributed by atoms with van der Waals surface area (Å²) in [6.45, 7) is 2.04. The Hall–Kier alpha value is -2.65. The molecule has 0 aliphatic rings. The Morgan fingerprint density at radius 3 is 2.74 bits per heavy atom. The van der Waals surface area contributed by atoms with Gasteiger partial charge in [-0.15, -0.1) is 0 Å². The van der Waals surface area contributed by atoms with Crippen LogP contribution in [0.2, 0.25) is 0 Å². The molecule has 0 aliphatic heterocycles. The van der Waals surface area contributed by atoms with Gasteiger partial charge in [0, 0.05) is 10.8 Å². The number of isocyanates is 1. The van der Waals surface area contributed by atoms with E-state index in [4.69, 9.17) is 4.74 Å². The van der Waals surface area contributed by atoms with Crippen LogP contribution in [-0.2, 0) is 9.53 Å². The van der Waals surface area contributed by atoms with E-state index < -0.39 is 6.09 Å². The van der Waals surface area contributed by atoms with Crippen molar-refractivity contribution in [3.05, 3.63) is 36.4 Å². The lowest BCUT2D eigenvalue weighted by Gasteiger charge is -2.09. The van der Waals surface area contributed by atoms with Crippen molar-refractivity contribution in [2.45, 2.75) is 6.92 Å². The summed E-state index contributed by atoms with van der Waals surface area (Å²) in [5, 5.41) is 4.20. The molecule has 5 nitrogen and oxygen atoms in total. The van der Waals surface area contributed by atoms with Crippen LogP contribution >= 0.6 is 0 Å². The van der Waals surface area contributed by atoms with Gasteiger partial charge in [0.25, 0.3) is 0 Å². The molecule has 19 heavy (non-hydrogen) atoms. The number of anilines is 1. The first kappa shape index (κ1) is 12.8. The Balaban J connectivity index is 2.48. The average Bonchev–Trinajstić information content (AvgIpc) is 2.40. The van der Waals surface area contributed by atoms with E-state index in [0.29, 0.717) is 18.0 Å². The van der Waals surface area contributed by atoms with Crippen LogP contribution in [0.3, 0.4) is 0 Å². The first-order valence-corrected chi connectivity index (χ1v) is 5.79. The number of aliphatic imine (C=N–C) groups is 1. The van der Waals surface area contributed by atoms with E-state index in [9.17, 15) is 9.59 Å². The lowest BCUT2D eigenvalue weighted by Crippen LogP contribution is -2.13. The van der Waals surface area contributed by atoms with Gasteiger partial charge in [0.1, 0.15) is 0 Å². The summed E-state index contributed by atoms with van der Waals surface area (Å²) in [5.74, 6) is 0. The molecule has 0 aliphatic carbocycles. The van der Waals surface area contributed by atoms with Crippen molar-refractivity contribution in [2.24, 2.45) is 4.99 Å². The van der Waals surface area contributed by atoms with Crippen molar-refractivity contribution < 1.29 is 14.3 Å². The molecule has 0 radical (unpaired) electrons. The van der Waals surface area contributed by atoms with E-state index in [1.54, 1.807) is 31.2 Å². The first-order valence-electron chi connectivity index (χ1n) is 5.79. The van der Waals surface area contributed by atoms with E-state index in [1.165, 1.54) is 6.08 Å². The lowest BCUT2D eigenvalue weighted by atomic mass is 10.1. The maximum atomic E-state index is 11.4. The van der Waals surface area contributed by atoms with Crippen LogP contribution in [0.1, 0.15) is 6.92 Å². The molecule has 2 rings (SSSR count). The predicted molar refractivity (Wildman–Crippen MR) is 72.4 cm³/mol. The highest BCUT2D eigenvalue weighted by atomic mass is 16.5. The number of amides is 1. The molecule has 0 aromatic heterocycles. The molecule has 0 unspecified atom stereocenters. The van der Waals surface area contributed by atoms with Gasteiger partial charge in [0.15, 0.2) is 0 Å². The highest BCUT2D eigenvalue weighted by Crippen LogP contribution is 2.30. The average molecular weight is 256 g/mol. The molecule has 2 aromatic carbocycles. The van der Waals surface area contributed by atoms with Crippen molar-refractivity contribution in [3.8, 4) is 0 Å². The quantitative estimate of drug-likeness (QED) is 0.676. The standard InChI is InChI=1S/C14H12N2O3/c1-2-19-14(18)16-13-8-4-5-10-11(13)6-3-7-12(10)15-9-17/h3-8H,2H2,1H3,(H,16,18). The van der Waals surface area contributed by atoms with Crippen LogP contribution in [0.5, 0.6) is 0 Å². The predicted octanol–water partition coefficient (Wildman–Crippen LogP) is 3.38. The maximum absolute atomic E-state index is 11.4. The summed E-state index contributed by atoms with van der Waals surface area (Å²) in [6, 6.07) is 10.7. The van der Waals surface area contributed by atoms with Gasteiger partial charge in [-0.3, -0.25) is 5.32 Å². The summed E-state index contributed by atoms with van der Waals surface area (Å²) in [6.07, 6.45) is 1.01. The topological polar surface area (TPSA) is 67.8 Å². The minimum absolute atomic E-state index is 0.303. The van der Waals surface area contributed by atoms with Crippen molar-refractivity contribution >= 4 is 34.3 Å². The number of hydrogen-bond acceptors (Lipinski definition) is 4. The third-order valence-electron chi connectivity index (χ3n) is 2.58. The zero-order valence-corrected chi connectivity index (χ0v) is 10.3. The molecule has 5 heteroatoms. The normalized spacial score (nSPS) is 9.74. The lowest BCUT2D eigenvalue weighted by molar-refractivity contribution is 0.168. The second-order valence-corrected chi connectivity index (χ2v) is 3.73. The van der Waals surface area contributed by atoms with Gasteiger partial charge in [-0.25, -0.2) is 9.59 Å². The summed E-state index contributed by atoms with van der Waals surface area (Å²) >= 11 is 0. The van der Waals surface area contributed by atoms with Gasteiger partial charge in [0.2, 0.25) is 6.08 Å². The van der Waals surface area contributed by atoms with Crippen LogP contribution in [0.25, 0.3) is 10.8 Å². The van der Waals surface area contributed by atoms with Crippen LogP contribution < -0.4 is 5.32 Å². The summed E-state index contributed by atoms with van der Waals surface area (Å²) in [5.41, 5.74) is 1.12. The zero-order chi connectivity index (χ0) is 13.7. The summed E-state index contributed by atoms with van der Waals surface area (Å²) < 4.78 is 4.84. The molecule has 0 bridgehead atoms. The third-order valence-corrected chi connectivity index (χ3v) is 2.58. The molecule has 0 saturated heterocycles. The van der Waals surface area contributed by atoms with Gasteiger partial charge in [-0.2, -0.15) is 4.99 Å². The molecule has 0 fully saturated rings. The fourth-order valence-corrected chi connectivity index (χ4v) is 1.83. The highest BCUT2D eigenvalue weighted by Gasteiger charge is 2.07. The monoisotopic (exact) mass is 256 g/mol. The number of ether oxygens (including phenoxy) is 1. The Bertz CT molecular complexity index is 661. The fourth-order valence-electron chi connectivity index (χ4n) is 1.83. The van der Waals surface area contributed by atoms with Gasteiger partial charge >= 0.3 is 6.09 Å². The smallest absolute Gasteiger partial charge is 0.411 e. The molecule has 2 aromatic rings. The summed E-state index contributed by atoms with van der Waals surface area (Å²) in [4.78, 5) is 25.5. The number of rotatable bonds is 3. The van der Waals surface area contributed by atoms with Crippen molar-refractivity contribution in [1.29, 1.82) is 0 Å². The molecule has 0 saturated carbocycles. The second kappa shape index (κ2) is 5.80. The summed E-state index contributed by atoms with van der Waals surface area (Å²) in [7, 11) is 0. The number of carbonyl (C=O) groups is 1. The molecule has 1 N–H and O–H groups in total. The number of fused-ring (bicyclic) bond motifs is 1. The fraction of sp³-hybridized carbons (Fsp3) is 0.143. The number of benzene rings is 2. The molecule has 0 heterocycles. The van der Waals surface area contributed by atoms with Gasteiger partial charge in [-0.05, 0) is 19.1 Å². The maximum Gasteiger partial charge on any atom is 0.411 e. The Morgan fingerprint density at radius 1 is 1.26 bits per heavy atom. The minimum atomic E-state index is -0.515. The molecule has 96 valence electrons. The van der Waals surface area contributed by atoms with Crippen molar-refractivity contribution in [2.75, 3.05) is 11.9 Å². The SMILES string of the molecule is CCOC(=O)Nc1cccc2c(N=C=O)cccc12. The number of nitrogens with zero attached hydrogens (tertiary/aromatic N) is 1. The van der Waals surface area contributed by atoms with E-state index in [1.807, 2.05) is 12.1 Å². The Labute approximate surface area is 109 Å². The van der Waals surface area contributed by atoms with E-state index >= 15 is 0 Å². The van der Waals surface area contributed by atoms with Gasteiger partial charge < -0.3 is 4.74 Å². The van der Waals surface area contributed by atoms with E-state index in [2.05, 4.69) is 10.3 Å². The van der Waals surface area contributed by atoms with Gasteiger partial charge in [0.05, 0.1) is 18.0 Å². The molecular formula is C14H12N2O3. The largest absolute Gasteiger partial charge is 0.450 e. The minimum Gasteiger partial charge on any atom is -0.450 e. The zero-order valence-electron chi connectivity index (χ0n) is 10.3. The third kappa shape index (κ3) is 2.78. The van der Waals surface area contributed by atoms with E-state index in [-0.39, 0.29) is 0 Å². The number of nitrogens with one attached hydrogen (secondary N) is 1. The van der Waals surface area contributed by atoms with Crippen LogP contribution in [0, 0.1) is 0 Å². The molecule has 0 atom stereocenters. The molecular weight excluding hydrogens is 244 g/mol. The van der Waals surface area contributed by atoms with E-state index in [0.717, 1.165) is 10.8 Å². The Morgan fingerprint density at radius 2 is 2.00 bits per heavy atom. The second-order valence-electron chi connectivity index (χ2n) is 3.73. The highest BCUT2D eigenvalue weighted by molar-refractivity contribution is 6.04. The van der Waals surface area contributed by atoms with Crippen LogP contribution in [0.4, 0.5) is 16.2 Å². The van der Waals surface area contributed by atoms with Crippen molar-refractivity contribution in [3.63, 3.8) is 0 Å². The Kier molecular flexibility index (Phi) is 3.90. The van der Waals surface area contributed by atoms with Gasteiger partial charge in [-0.1, -0.05) is 24.3 Å².